The van der Waals surface area contributed by atoms with E-state index in [1.807, 2.05) is 6.07 Å². The molecule has 0 saturated heterocycles. The summed E-state index contributed by atoms with van der Waals surface area (Å²) in [5, 5.41) is 3.71. The Morgan fingerprint density at radius 1 is 1.26 bits per heavy atom. The van der Waals surface area contributed by atoms with Crippen LogP contribution < -0.4 is 10.1 Å². The van der Waals surface area contributed by atoms with Crippen LogP contribution in [-0.2, 0) is 6.54 Å². The van der Waals surface area contributed by atoms with Gasteiger partial charge in [-0.05, 0) is 48.9 Å². The molecule has 1 aromatic rings. The molecule has 2 unspecified atom stereocenters. The van der Waals surface area contributed by atoms with Crippen molar-refractivity contribution in [3.05, 3.63) is 28.2 Å². The van der Waals surface area contributed by atoms with E-state index in [1.54, 1.807) is 7.11 Å². The predicted octanol–water partition coefficient (Wildman–Crippen LogP) is 4.52. The molecule has 0 aliphatic heterocycles. The van der Waals surface area contributed by atoms with E-state index in [0.717, 1.165) is 22.7 Å². The largest absolute Gasteiger partial charge is 0.497 e. The second-order valence-electron chi connectivity index (χ2n) is 5.65. The molecule has 2 rings (SSSR count). The van der Waals surface area contributed by atoms with Crippen LogP contribution in [0.15, 0.2) is 22.7 Å². The van der Waals surface area contributed by atoms with Crippen LogP contribution in [0.3, 0.4) is 0 Å². The van der Waals surface area contributed by atoms with Crippen LogP contribution in [0.2, 0.25) is 0 Å². The third-order valence-electron chi connectivity index (χ3n) is 4.09. The monoisotopic (exact) mass is 325 g/mol. The van der Waals surface area contributed by atoms with Gasteiger partial charge >= 0.3 is 0 Å². The highest BCUT2D eigenvalue weighted by Crippen LogP contribution is 2.25. The number of benzene rings is 1. The Hall–Kier alpha value is -0.540. The molecule has 0 radical (unpaired) electrons. The minimum atomic E-state index is 0.669. The summed E-state index contributed by atoms with van der Waals surface area (Å²) in [6.45, 7) is 3.29. The lowest BCUT2D eigenvalue weighted by atomic mass is 10.0. The number of rotatable bonds is 4. The van der Waals surface area contributed by atoms with Gasteiger partial charge in [0.25, 0.3) is 0 Å². The standard InChI is InChI=1S/C16H24BrNO/c1-12-4-3-5-14(7-6-12)18-11-13-10-15(19-2)8-9-16(13)17/h8-10,12,14,18H,3-7,11H2,1-2H3. The normalized spacial score (nSPS) is 23.9. The minimum absolute atomic E-state index is 0.669. The lowest BCUT2D eigenvalue weighted by Crippen LogP contribution is -2.28. The molecule has 0 amide bonds. The molecule has 0 bridgehead atoms. The number of ether oxygens (including phenoxy) is 1. The van der Waals surface area contributed by atoms with Crippen molar-refractivity contribution in [2.24, 2.45) is 5.92 Å². The number of halogens is 1. The van der Waals surface area contributed by atoms with E-state index in [0.29, 0.717) is 6.04 Å². The van der Waals surface area contributed by atoms with Crippen LogP contribution in [0, 0.1) is 5.92 Å². The quantitative estimate of drug-likeness (QED) is 0.822. The summed E-state index contributed by atoms with van der Waals surface area (Å²) in [7, 11) is 1.72. The summed E-state index contributed by atoms with van der Waals surface area (Å²) in [4.78, 5) is 0. The molecule has 2 atom stereocenters. The van der Waals surface area contributed by atoms with Crippen molar-refractivity contribution in [2.45, 2.75) is 51.6 Å². The number of hydrogen-bond acceptors (Lipinski definition) is 2. The average molecular weight is 326 g/mol. The van der Waals surface area contributed by atoms with Gasteiger partial charge in [0, 0.05) is 17.1 Å². The van der Waals surface area contributed by atoms with E-state index in [2.05, 4.69) is 40.3 Å². The van der Waals surface area contributed by atoms with Crippen LogP contribution in [-0.4, -0.2) is 13.2 Å². The van der Waals surface area contributed by atoms with Gasteiger partial charge in [-0.3, -0.25) is 0 Å². The summed E-state index contributed by atoms with van der Waals surface area (Å²) >= 11 is 3.61. The molecule has 19 heavy (non-hydrogen) atoms. The first-order valence-corrected chi connectivity index (χ1v) is 8.04. The van der Waals surface area contributed by atoms with Gasteiger partial charge in [0.15, 0.2) is 0 Å². The van der Waals surface area contributed by atoms with Gasteiger partial charge in [-0.15, -0.1) is 0 Å². The molecule has 2 nitrogen and oxygen atoms in total. The van der Waals surface area contributed by atoms with Crippen LogP contribution >= 0.6 is 15.9 Å². The molecule has 1 aromatic carbocycles. The first-order valence-electron chi connectivity index (χ1n) is 7.25. The predicted molar refractivity (Wildman–Crippen MR) is 83.6 cm³/mol. The van der Waals surface area contributed by atoms with Crippen molar-refractivity contribution in [2.75, 3.05) is 7.11 Å². The third kappa shape index (κ3) is 4.50. The van der Waals surface area contributed by atoms with E-state index in [9.17, 15) is 0 Å². The zero-order valence-corrected chi connectivity index (χ0v) is 13.5. The van der Waals surface area contributed by atoms with E-state index < -0.39 is 0 Å². The van der Waals surface area contributed by atoms with E-state index in [4.69, 9.17) is 4.74 Å². The summed E-state index contributed by atoms with van der Waals surface area (Å²) in [6.07, 6.45) is 6.73. The van der Waals surface area contributed by atoms with Crippen molar-refractivity contribution in [1.82, 2.24) is 5.32 Å². The molecule has 3 heteroatoms. The summed E-state index contributed by atoms with van der Waals surface area (Å²) in [6, 6.07) is 6.82. The molecule has 1 aliphatic rings. The van der Waals surface area contributed by atoms with Gasteiger partial charge < -0.3 is 10.1 Å². The molecule has 0 spiro atoms. The fourth-order valence-electron chi connectivity index (χ4n) is 2.76. The molecule has 1 aliphatic carbocycles. The number of methoxy groups -OCH3 is 1. The molecule has 0 heterocycles. The summed E-state index contributed by atoms with van der Waals surface area (Å²) < 4.78 is 6.44. The minimum Gasteiger partial charge on any atom is -0.497 e. The van der Waals surface area contributed by atoms with Gasteiger partial charge in [0.05, 0.1) is 7.11 Å². The molecule has 1 fully saturated rings. The molecule has 1 saturated carbocycles. The lowest BCUT2D eigenvalue weighted by molar-refractivity contribution is 0.412. The van der Waals surface area contributed by atoms with Crippen molar-refractivity contribution in [1.29, 1.82) is 0 Å². The topological polar surface area (TPSA) is 21.3 Å². The Labute approximate surface area is 125 Å². The SMILES string of the molecule is COc1ccc(Br)c(CNC2CCCC(C)CC2)c1. The van der Waals surface area contributed by atoms with Crippen molar-refractivity contribution in [3.8, 4) is 5.75 Å². The van der Waals surface area contributed by atoms with Crippen LogP contribution in [0.4, 0.5) is 0 Å². The zero-order chi connectivity index (χ0) is 13.7. The van der Waals surface area contributed by atoms with Crippen LogP contribution in [0.1, 0.15) is 44.6 Å². The number of nitrogens with one attached hydrogen (secondary N) is 1. The zero-order valence-electron chi connectivity index (χ0n) is 11.9. The average Bonchev–Trinajstić information content (AvgIpc) is 2.63. The summed E-state index contributed by atoms with van der Waals surface area (Å²) in [5.74, 6) is 1.82. The van der Waals surface area contributed by atoms with Gasteiger partial charge in [0.2, 0.25) is 0 Å². The Kier molecular flexibility index (Phi) is 5.71. The Morgan fingerprint density at radius 3 is 2.89 bits per heavy atom. The Morgan fingerprint density at radius 2 is 2.11 bits per heavy atom. The fraction of sp³-hybridized carbons (Fsp3) is 0.625. The van der Waals surface area contributed by atoms with E-state index in [-0.39, 0.29) is 0 Å². The van der Waals surface area contributed by atoms with Gasteiger partial charge in [-0.1, -0.05) is 35.7 Å². The lowest BCUT2D eigenvalue weighted by Gasteiger charge is -2.17. The molecule has 1 N–H and O–H groups in total. The Balaban J connectivity index is 1.90. The van der Waals surface area contributed by atoms with Crippen LogP contribution in [0.5, 0.6) is 5.75 Å². The van der Waals surface area contributed by atoms with Crippen molar-refractivity contribution < 1.29 is 4.74 Å². The Bertz CT molecular complexity index is 408. The smallest absolute Gasteiger partial charge is 0.119 e. The first-order chi connectivity index (χ1) is 9.19. The van der Waals surface area contributed by atoms with E-state index >= 15 is 0 Å². The molecule has 106 valence electrons. The highest BCUT2D eigenvalue weighted by molar-refractivity contribution is 9.10. The number of hydrogen-bond donors (Lipinski definition) is 1. The van der Waals surface area contributed by atoms with Crippen molar-refractivity contribution in [3.63, 3.8) is 0 Å². The highest BCUT2D eigenvalue weighted by atomic mass is 79.9. The highest BCUT2D eigenvalue weighted by Gasteiger charge is 2.15. The maximum absolute atomic E-state index is 5.29. The van der Waals surface area contributed by atoms with Crippen LogP contribution in [0.25, 0.3) is 0 Å². The second-order valence-corrected chi connectivity index (χ2v) is 6.50. The van der Waals surface area contributed by atoms with Gasteiger partial charge in [-0.25, -0.2) is 0 Å². The second kappa shape index (κ2) is 7.30. The third-order valence-corrected chi connectivity index (χ3v) is 4.87. The fourth-order valence-corrected chi connectivity index (χ4v) is 3.15. The maximum Gasteiger partial charge on any atom is 0.119 e. The molecular weight excluding hydrogens is 302 g/mol. The maximum atomic E-state index is 5.29. The van der Waals surface area contributed by atoms with E-state index in [1.165, 1.54) is 37.7 Å². The van der Waals surface area contributed by atoms with Gasteiger partial charge in [-0.2, -0.15) is 0 Å². The molecular formula is C16H24BrNO. The van der Waals surface area contributed by atoms with Gasteiger partial charge in [0.1, 0.15) is 5.75 Å². The molecule has 0 aromatic heterocycles. The summed E-state index contributed by atoms with van der Waals surface area (Å²) in [5.41, 5.74) is 1.27. The van der Waals surface area contributed by atoms with Crippen molar-refractivity contribution >= 4 is 15.9 Å². The first kappa shape index (κ1) is 14.9.